The molecule has 0 unspecified atom stereocenters. The molecular formula is C12H16N2O2S. The predicted octanol–water partition coefficient (Wildman–Crippen LogP) is 2.10. The number of sulfonamides is 1. The van der Waals surface area contributed by atoms with Crippen LogP contribution in [0.25, 0.3) is 5.57 Å². The Kier molecular flexibility index (Phi) is 4.60. The minimum absolute atomic E-state index is 0.109. The fourth-order valence-corrected chi connectivity index (χ4v) is 2.14. The Labute approximate surface area is 102 Å². The molecule has 2 N–H and O–H groups in total. The number of unbranched alkanes of at least 4 members (excludes halogenated alkanes) is 1. The van der Waals surface area contributed by atoms with E-state index in [0.29, 0.717) is 5.56 Å². The second-order valence-electron chi connectivity index (χ2n) is 3.55. The summed E-state index contributed by atoms with van der Waals surface area (Å²) in [6.07, 6.45) is 6.77. The topological polar surface area (TPSA) is 73.0 Å². The molecule has 0 radical (unpaired) electrons. The maximum atomic E-state index is 11.4. The van der Waals surface area contributed by atoms with E-state index in [0.717, 1.165) is 18.4 Å². The van der Waals surface area contributed by atoms with Crippen molar-refractivity contribution < 1.29 is 8.42 Å². The first-order chi connectivity index (χ1) is 8.00. The van der Waals surface area contributed by atoms with Gasteiger partial charge in [0.15, 0.2) is 5.03 Å². The second kappa shape index (κ2) is 5.75. The molecule has 0 aromatic carbocycles. The normalized spacial score (nSPS) is 12.5. The molecule has 0 bridgehead atoms. The Morgan fingerprint density at radius 1 is 1.59 bits per heavy atom. The Balaban J connectivity index is 3.35. The minimum atomic E-state index is -3.81. The third-order valence-corrected chi connectivity index (χ3v) is 3.09. The van der Waals surface area contributed by atoms with Crippen LogP contribution in [0.15, 0.2) is 42.1 Å². The van der Waals surface area contributed by atoms with Gasteiger partial charge < -0.3 is 0 Å². The van der Waals surface area contributed by atoms with Gasteiger partial charge in [-0.2, -0.15) is 0 Å². The molecule has 0 amide bonds. The summed E-state index contributed by atoms with van der Waals surface area (Å²) in [6.45, 7) is 5.72. The summed E-state index contributed by atoms with van der Waals surface area (Å²) in [6, 6.07) is 3.35. The Hall–Kier alpha value is -1.46. The van der Waals surface area contributed by atoms with Crippen LogP contribution in [0.5, 0.6) is 0 Å². The predicted molar refractivity (Wildman–Crippen MR) is 68.7 cm³/mol. The summed E-state index contributed by atoms with van der Waals surface area (Å²) in [5.41, 5.74) is 1.24. The van der Waals surface area contributed by atoms with Crippen LogP contribution in [-0.2, 0) is 10.0 Å². The van der Waals surface area contributed by atoms with E-state index in [4.69, 9.17) is 5.14 Å². The summed E-state index contributed by atoms with van der Waals surface area (Å²) in [7, 11) is -3.81. The summed E-state index contributed by atoms with van der Waals surface area (Å²) in [5.74, 6) is 0. The third-order valence-electron chi connectivity index (χ3n) is 2.22. The van der Waals surface area contributed by atoms with Gasteiger partial charge in [0, 0.05) is 11.8 Å². The van der Waals surface area contributed by atoms with Gasteiger partial charge in [-0.05, 0) is 24.1 Å². The first-order valence-electron chi connectivity index (χ1n) is 5.31. The highest BCUT2D eigenvalue weighted by Gasteiger charge is 2.16. The smallest absolute Gasteiger partial charge is 0.243 e. The molecule has 5 heteroatoms. The first-order valence-corrected chi connectivity index (χ1v) is 6.86. The monoisotopic (exact) mass is 252 g/mol. The van der Waals surface area contributed by atoms with Crippen LogP contribution in [0.4, 0.5) is 0 Å². The molecule has 1 aromatic heterocycles. The second-order valence-corrected chi connectivity index (χ2v) is 5.03. The van der Waals surface area contributed by atoms with Crippen LogP contribution in [0.1, 0.15) is 25.3 Å². The summed E-state index contributed by atoms with van der Waals surface area (Å²) in [4.78, 5) is 3.83. The van der Waals surface area contributed by atoms with Crippen molar-refractivity contribution in [3.8, 4) is 0 Å². The van der Waals surface area contributed by atoms with Crippen molar-refractivity contribution in [1.82, 2.24) is 4.98 Å². The van der Waals surface area contributed by atoms with Crippen molar-refractivity contribution in [3.63, 3.8) is 0 Å². The molecule has 0 aliphatic rings. The van der Waals surface area contributed by atoms with Crippen molar-refractivity contribution in [3.05, 3.63) is 42.6 Å². The van der Waals surface area contributed by atoms with Gasteiger partial charge in [-0.15, -0.1) is 0 Å². The molecular weight excluding hydrogens is 236 g/mol. The van der Waals surface area contributed by atoms with Crippen LogP contribution in [0, 0.1) is 0 Å². The number of nitrogens with zero attached hydrogens (tertiary/aromatic N) is 1. The van der Waals surface area contributed by atoms with Gasteiger partial charge in [0.05, 0.1) is 0 Å². The molecule has 92 valence electrons. The molecule has 0 spiro atoms. The Morgan fingerprint density at radius 2 is 2.29 bits per heavy atom. The van der Waals surface area contributed by atoms with E-state index in [1.54, 1.807) is 18.2 Å². The van der Waals surface area contributed by atoms with Gasteiger partial charge in [0.1, 0.15) is 0 Å². The molecule has 1 aromatic rings. The van der Waals surface area contributed by atoms with Gasteiger partial charge in [-0.3, -0.25) is 0 Å². The van der Waals surface area contributed by atoms with Crippen LogP contribution < -0.4 is 5.14 Å². The highest BCUT2D eigenvalue weighted by molar-refractivity contribution is 7.89. The molecule has 0 saturated carbocycles. The molecule has 0 fully saturated rings. The average molecular weight is 252 g/mol. The maximum Gasteiger partial charge on any atom is 0.256 e. The van der Waals surface area contributed by atoms with E-state index in [-0.39, 0.29) is 5.03 Å². The molecule has 4 nitrogen and oxygen atoms in total. The number of aromatic nitrogens is 1. The van der Waals surface area contributed by atoms with Gasteiger partial charge in [0.25, 0.3) is 10.0 Å². The Morgan fingerprint density at radius 3 is 2.82 bits per heavy atom. The fraction of sp³-hybridized carbons (Fsp3) is 0.250. The van der Waals surface area contributed by atoms with Crippen molar-refractivity contribution in [2.45, 2.75) is 24.8 Å². The lowest BCUT2D eigenvalue weighted by atomic mass is 10.1. The largest absolute Gasteiger partial charge is 0.256 e. The lowest BCUT2D eigenvalue weighted by Gasteiger charge is -2.07. The standard InChI is InChI=1S/C12H16N2O2S/c1-3-5-7-10(4-2)11-8-6-9-14-12(11)17(13,15)16/h4,6-9H,2-3,5H2,1H3,(H2,13,15,16). The van der Waals surface area contributed by atoms with E-state index in [1.165, 1.54) is 6.20 Å². The van der Waals surface area contributed by atoms with Crippen LogP contribution in [0.3, 0.4) is 0 Å². The number of pyridine rings is 1. The lowest BCUT2D eigenvalue weighted by Crippen LogP contribution is -2.16. The number of nitrogens with two attached hydrogens (primary N) is 1. The number of rotatable bonds is 5. The minimum Gasteiger partial charge on any atom is -0.243 e. The zero-order valence-electron chi connectivity index (χ0n) is 9.76. The first kappa shape index (κ1) is 13.6. The number of allylic oxidation sites excluding steroid dienone is 3. The molecule has 1 rings (SSSR count). The van der Waals surface area contributed by atoms with Crippen LogP contribution in [0.2, 0.25) is 0 Å². The summed E-state index contributed by atoms with van der Waals surface area (Å²) < 4.78 is 22.8. The van der Waals surface area contributed by atoms with Gasteiger partial charge in [-0.25, -0.2) is 18.5 Å². The van der Waals surface area contributed by atoms with Gasteiger partial charge in [0.2, 0.25) is 0 Å². The van der Waals surface area contributed by atoms with Crippen LogP contribution >= 0.6 is 0 Å². The van der Waals surface area contributed by atoms with Crippen molar-refractivity contribution >= 4 is 15.6 Å². The van der Waals surface area contributed by atoms with Crippen molar-refractivity contribution in [1.29, 1.82) is 0 Å². The highest BCUT2D eigenvalue weighted by atomic mass is 32.2. The van der Waals surface area contributed by atoms with E-state index >= 15 is 0 Å². The fourth-order valence-electron chi connectivity index (χ4n) is 1.44. The molecule has 0 aliphatic heterocycles. The molecule has 17 heavy (non-hydrogen) atoms. The van der Waals surface area contributed by atoms with Gasteiger partial charge >= 0.3 is 0 Å². The molecule has 1 heterocycles. The third kappa shape index (κ3) is 3.51. The quantitative estimate of drug-likeness (QED) is 0.815. The van der Waals surface area contributed by atoms with E-state index in [1.807, 2.05) is 13.0 Å². The SMILES string of the molecule is C=CC(=CCCC)c1cccnc1S(N)(=O)=O. The number of hydrogen-bond donors (Lipinski definition) is 1. The summed E-state index contributed by atoms with van der Waals surface area (Å²) in [5, 5.41) is 5.02. The maximum absolute atomic E-state index is 11.4. The van der Waals surface area contributed by atoms with Gasteiger partial charge in [-0.1, -0.05) is 32.1 Å². The van der Waals surface area contributed by atoms with Crippen molar-refractivity contribution in [2.75, 3.05) is 0 Å². The Bertz CT molecular complexity index is 533. The zero-order chi connectivity index (χ0) is 12.9. The van der Waals surface area contributed by atoms with E-state index < -0.39 is 10.0 Å². The van der Waals surface area contributed by atoms with Crippen molar-refractivity contribution in [2.24, 2.45) is 5.14 Å². The molecule has 0 saturated heterocycles. The van der Waals surface area contributed by atoms with Crippen LogP contribution in [-0.4, -0.2) is 13.4 Å². The zero-order valence-corrected chi connectivity index (χ0v) is 10.6. The van der Waals surface area contributed by atoms with E-state index in [9.17, 15) is 8.42 Å². The number of hydrogen-bond acceptors (Lipinski definition) is 3. The molecule has 0 aliphatic carbocycles. The summed E-state index contributed by atoms with van der Waals surface area (Å²) >= 11 is 0. The lowest BCUT2D eigenvalue weighted by molar-refractivity contribution is 0.594. The molecule has 0 atom stereocenters. The highest BCUT2D eigenvalue weighted by Crippen LogP contribution is 2.22. The number of primary sulfonamides is 1. The average Bonchev–Trinajstić information content (AvgIpc) is 2.29. The van der Waals surface area contributed by atoms with E-state index in [2.05, 4.69) is 11.6 Å².